The van der Waals surface area contributed by atoms with Gasteiger partial charge in [-0.05, 0) is 57.1 Å². The highest BCUT2D eigenvalue weighted by Crippen LogP contribution is 2.19. The average molecular weight is 240 g/mol. The van der Waals surface area contributed by atoms with E-state index in [-0.39, 0.29) is 11.5 Å². The predicted octanol–water partition coefficient (Wildman–Crippen LogP) is 2.72. The number of piperidine rings is 1. The van der Waals surface area contributed by atoms with E-state index in [9.17, 15) is 8.78 Å². The molecule has 0 aromatic heterocycles. The van der Waals surface area contributed by atoms with Gasteiger partial charge in [-0.1, -0.05) is 0 Å². The molecule has 0 bridgehead atoms. The normalized spacial score (nSPS) is 18.3. The standard InChI is InChI=1S/C13H18F2N2/c1-17-6-4-10(5-7-17)9-16-13-8-11(14)2-3-12(13)15/h2-3,8,10,16H,4-7,9H2,1H3. The Kier molecular flexibility index (Phi) is 3.94. The van der Waals surface area contributed by atoms with Crippen molar-refractivity contribution >= 4 is 5.69 Å². The van der Waals surface area contributed by atoms with Crippen LogP contribution in [-0.4, -0.2) is 31.6 Å². The molecule has 1 heterocycles. The van der Waals surface area contributed by atoms with Gasteiger partial charge in [0, 0.05) is 6.54 Å². The highest BCUT2D eigenvalue weighted by molar-refractivity contribution is 5.44. The first kappa shape index (κ1) is 12.3. The molecule has 1 fully saturated rings. The predicted molar refractivity (Wildman–Crippen MR) is 65.1 cm³/mol. The van der Waals surface area contributed by atoms with E-state index in [0.29, 0.717) is 12.5 Å². The quantitative estimate of drug-likeness (QED) is 0.874. The van der Waals surface area contributed by atoms with Crippen LogP contribution in [0.4, 0.5) is 14.5 Å². The van der Waals surface area contributed by atoms with Crippen LogP contribution in [0.3, 0.4) is 0 Å². The van der Waals surface area contributed by atoms with Crippen molar-refractivity contribution in [3.8, 4) is 0 Å². The monoisotopic (exact) mass is 240 g/mol. The van der Waals surface area contributed by atoms with Crippen molar-refractivity contribution in [3.63, 3.8) is 0 Å². The highest BCUT2D eigenvalue weighted by atomic mass is 19.1. The fraction of sp³-hybridized carbons (Fsp3) is 0.538. The van der Waals surface area contributed by atoms with Crippen LogP contribution in [0, 0.1) is 17.6 Å². The molecular weight excluding hydrogens is 222 g/mol. The maximum absolute atomic E-state index is 13.3. The number of hydrogen-bond acceptors (Lipinski definition) is 2. The topological polar surface area (TPSA) is 15.3 Å². The van der Waals surface area contributed by atoms with E-state index in [0.717, 1.165) is 38.1 Å². The van der Waals surface area contributed by atoms with Crippen molar-refractivity contribution in [1.82, 2.24) is 4.90 Å². The number of halogens is 2. The lowest BCUT2D eigenvalue weighted by molar-refractivity contribution is 0.226. The van der Waals surface area contributed by atoms with Gasteiger partial charge in [0.15, 0.2) is 0 Å². The van der Waals surface area contributed by atoms with E-state index in [4.69, 9.17) is 0 Å². The molecule has 1 saturated heterocycles. The Hall–Kier alpha value is -1.16. The van der Waals surface area contributed by atoms with E-state index >= 15 is 0 Å². The van der Waals surface area contributed by atoms with E-state index in [2.05, 4.69) is 17.3 Å². The molecule has 0 amide bonds. The summed E-state index contributed by atoms with van der Waals surface area (Å²) < 4.78 is 26.3. The SMILES string of the molecule is CN1CCC(CNc2cc(F)ccc2F)CC1. The van der Waals surface area contributed by atoms with Gasteiger partial charge in [-0.15, -0.1) is 0 Å². The third-order valence-corrected chi connectivity index (χ3v) is 3.35. The summed E-state index contributed by atoms with van der Waals surface area (Å²) >= 11 is 0. The minimum absolute atomic E-state index is 0.268. The summed E-state index contributed by atoms with van der Waals surface area (Å²) in [5, 5.41) is 3.00. The Morgan fingerprint density at radius 2 is 2.00 bits per heavy atom. The van der Waals surface area contributed by atoms with Gasteiger partial charge in [-0.2, -0.15) is 0 Å². The molecule has 1 aromatic rings. The molecule has 0 spiro atoms. The second kappa shape index (κ2) is 5.45. The van der Waals surface area contributed by atoms with Crippen LogP contribution in [-0.2, 0) is 0 Å². The maximum Gasteiger partial charge on any atom is 0.146 e. The Morgan fingerprint density at radius 3 is 2.71 bits per heavy atom. The lowest BCUT2D eigenvalue weighted by Crippen LogP contribution is -2.33. The molecule has 2 rings (SSSR count). The molecule has 1 N–H and O–H groups in total. The second-order valence-corrected chi connectivity index (χ2v) is 4.75. The third kappa shape index (κ3) is 3.40. The molecule has 94 valence electrons. The van der Waals surface area contributed by atoms with Gasteiger partial charge in [0.05, 0.1) is 5.69 Å². The molecule has 4 heteroatoms. The molecule has 1 aliphatic heterocycles. The summed E-state index contributed by atoms with van der Waals surface area (Å²) in [5.41, 5.74) is 0.268. The van der Waals surface area contributed by atoms with Crippen molar-refractivity contribution in [1.29, 1.82) is 0 Å². The summed E-state index contributed by atoms with van der Waals surface area (Å²) in [6.45, 7) is 2.88. The molecule has 1 aliphatic rings. The summed E-state index contributed by atoms with van der Waals surface area (Å²) in [4.78, 5) is 2.29. The van der Waals surface area contributed by atoms with Crippen LogP contribution >= 0.6 is 0 Å². The molecule has 1 aromatic carbocycles. The summed E-state index contributed by atoms with van der Waals surface area (Å²) in [6.07, 6.45) is 2.22. The van der Waals surface area contributed by atoms with Crippen molar-refractivity contribution in [2.24, 2.45) is 5.92 Å². The number of benzene rings is 1. The first-order chi connectivity index (χ1) is 8.15. The van der Waals surface area contributed by atoms with Gasteiger partial charge >= 0.3 is 0 Å². The lowest BCUT2D eigenvalue weighted by Gasteiger charge is -2.29. The number of anilines is 1. The molecule has 0 aliphatic carbocycles. The largest absolute Gasteiger partial charge is 0.382 e. The zero-order valence-electron chi connectivity index (χ0n) is 10.0. The fourth-order valence-electron chi connectivity index (χ4n) is 2.15. The van der Waals surface area contributed by atoms with Crippen molar-refractivity contribution in [2.75, 3.05) is 32.0 Å². The van der Waals surface area contributed by atoms with Crippen LogP contribution in [0.1, 0.15) is 12.8 Å². The van der Waals surface area contributed by atoms with Gasteiger partial charge in [0.1, 0.15) is 11.6 Å². The van der Waals surface area contributed by atoms with E-state index in [1.165, 1.54) is 6.07 Å². The number of nitrogens with one attached hydrogen (secondary N) is 1. The van der Waals surface area contributed by atoms with E-state index in [1.54, 1.807) is 0 Å². The van der Waals surface area contributed by atoms with Crippen molar-refractivity contribution in [3.05, 3.63) is 29.8 Å². The van der Waals surface area contributed by atoms with Crippen molar-refractivity contribution in [2.45, 2.75) is 12.8 Å². The first-order valence-electron chi connectivity index (χ1n) is 6.02. The fourth-order valence-corrected chi connectivity index (χ4v) is 2.15. The highest BCUT2D eigenvalue weighted by Gasteiger charge is 2.16. The zero-order chi connectivity index (χ0) is 12.3. The number of likely N-dealkylation sites (tertiary alicyclic amines) is 1. The van der Waals surface area contributed by atoms with Crippen LogP contribution < -0.4 is 5.32 Å². The third-order valence-electron chi connectivity index (χ3n) is 3.35. The van der Waals surface area contributed by atoms with E-state index < -0.39 is 5.82 Å². The lowest BCUT2D eigenvalue weighted by atomic mass is 9.97. The van der Waals surface area contributed by atoms with Gasteiger partial charge in [0.25, 0.3) is 0 Å². The molecule has 17 heavy (non-hydrogen) atoms. The maximum atomic E-state index is 13.3. The van der Waals surface area contributed by atoms with Gasteiger partial charge in [-0.3, -0.25) is 0 Å². The van der Waals surface area contributed by atoms with Crippen LogP contribution in [0.5, 0.6) is 0 Å². The molecule has 0 atom stereocenters. The van der Waals surface area contributed by atoms with Crippen molar-refractivity contribution < 1.29 is 8.78 Å². The summed E-state index contributed by atoms with van der Waals surface area (Å²) in [7, 11) is 2.11. The minimum atomic E-state index is -0.405. The smallest absolute Gasteiger partial charge is 0.146 e. The second-order valence-electron chi connectivity index (χ2n) is 4.75. The molecular formula is C13H18F2N2. The van der Waals surface area contributed by atoms with Crippen LogP contribution in [0.15, 0.2) is 18.2 Å². The van der Waals surface area contributed by atoms with Crippen LogP contribution in [0.2, 0.25) is 0 Å². The Balaban J connectivity index is 1.87. The Bertz CT molecular complexity index is 374. The van der Waals surface area contributed by atoms with E-state index in [1.807, 2.05) is 0 Å². The molecule has 0 radical (unpaired) electrons. The summed E-state index contributed by atoms with van der Waals surface area (Å²) in [6, 6.07) is 3.51. The molecule has 2 nitrogen and oxygen atoms in total. The number of nitrogens with zero attached hydrogens (tertiary/aromatic N) is 1. The molecule has 0 saturated carbocycles. The van der Waals surface area contributed by atoms with Crippen LogP contribution in [0.25, 0.3) is 0 Å². The summed E-state index contributed by atoms with van der Waals surface area (Å²) in [5.74, 6) is -0.245. The zero-order valence-corrected chi connectivity index (χ0v) is 10.0. The Morgan fingerprint density at radius 1 is 1.29 bits per heavy atom. The van der Waals surface area contributed by atoms with Gasteiger partial charge in [-0.25, -0.2) is 8.78 Å². The molecule has 0 unspecified atom stereocenters. The average Bonchev–Trinajstić information content (AvgIpc) is 2.32. The van der Waals surface area contributed by atoms with Gasteiger partial charge < -0.3 is 10.2 Å². The van der Waals surface area contributed by atoms with Gasteiger partial charge in [0.2, 0.25) is 0 Å². The minimum Gasteiger partial charge on any atom is -0.382 e. The first-order valence-corrected chi connectivity index (χ1v) is 6.02. The Labute approximate surface area is 101 Å². The number of rotatable bonds is 3. The number of hydrogen-bond donors (Lipinski definition) is 1.